The van der Waals surface area contributed by atoms with Gasteiger partial charge < -0.3 is 9.64 Å². The molecule has 3 heteroatoms. The second-order valence-corrected chi connectivity index (χ2v) is 3.46. The molecule has 0 saturated heterocycles. The molecule has 0 amide bonds. The van der Waals surface area contributed by atoms with Gasteiger partial charge in [0.1, 0.15) is 20.2 Å². The number of benzene rings is 1. The van der Waals surface area contributed by atoms with Gasteiger partial charge in [0.05, 0.1) is 0 Å². The summed E-state index contributed by atoms with van der Waals surface area (Å²) in [5.74, 6) is 0.951. The van der Waals surface area contributed by atoms with Crippen LogP contribution < -0.4 is 10.2 Å². The normalized spacial score (nSPS) is 10.4. The Labute approximate surface area is 80.9 Å². The lowest BCUT2D eigenvalue weighted by Gasteiger charge is -2.10. The third kappa shape index (κ3) is 3.99. The van der Waals surface area contributed by atoms with E-state index in [-0.39, 0.29) is 0 Å². The molecule has 0 aliphatic rings. The fourth-order valence-corrected chi connectivity index (χ4v) is 0.981. The van der Waals surface area contributed by atoms with Gasteiger partial charge in [-0.15, -0.1) is 0 Å². The molecule has 70 valence electrons. The van der Waals surface area contributed by atoms with Gasteiger partial charge in [0.2, 0.25) is 0 Å². The molecule has 0 heterocycles. The molecule has 1 aromatic carbocycles. The van der Waals surface area contributed by atoms with E-state index < -0.39 is 0 Å². The molecule has 0 aromatic heterocycles. The van der Waals surface area contributed by atoms with Crippen LogP contribution >= 0.6 is 0 Å². The lowest BCUT2D eigenvalue weighted by atomic mass is 9.97. The van der Waals surface area contributed by atoms with Gasteiger partial charge >= 0.3 is 0 Å². The van der Waals surface area contributed by atoms with Crippen molar-refractivity contribution in [1.82, 2.24) is 4.90 Å². The summed E-state index contributed by atoms with van der Waals surface area (Å²) in [5, 5.41) is 0. The van der Waals surface area contributed by atoms with Crippen molar-refractivity contribution in [1.29, 1.82) is 0 Å². The highest BCUT2D eigenvalue weighted by molar-refractivity contribution is 6.32. The monoisotopic (exact) mass is 177 g/mol. The lowest BCUT2D eigenvalue weighted by molar-refractivity contribution is 0.261. The van der Waals surface area contributed by atoms with E-state index in [1.165, 1.54) is 5.46 Å². The first-order chi connectivity index (χ1) is 6.18. The second kappa shape index (κ2) is 4.92. The highest BCUT2D eigenvalue weighted by Crippen LogP contribution is 2.06. The minimum Gasteiger partial charge on any atom is -0.492 e. The van der Waals surface area contributed by atoms with Crippen molar-refractivity contribution in [3.05, 3.63) is 24.3 Å². The van der Waals surface area contributed by atoms with E-state index in [4.69, 9.17) is 4.74 Å². The number of ether oxygens (including phenoxy) is 1. The Morgan fingerprint density at radius 2 is 1.85 bits per heavy atom. The summed E-state index contributed by atoms with van der Waals surface area (Å²) < 4.78 is 5.53. The van der Waals surface area contributed by atoms with Crippen molar-refractivity contribution >= 4 is 13.3 Å². The maximum absolute atomic E-state index is 5.53. The summed E-state index contributed by atoms with van der Waals surface area (Å²) in [5.41, 5.74) is 1.26. The van der Waals surface area contributed by atoms with Crippen LogP contribution in [0, 0.1) is 0 Å². The quantitative estimate of drug-likeness (QED) is 0.595. The first kappa shape index (κ1) is 10.1. The zero-order valence-corrected chi connectivity index (χ0v) is 8.58. The highest BCUT2D eigenvalue weighted by atomic mass is 16.5. The number of rotatable bonds is 4. The largest absolute Gasteiger partial charge is 0.492 e. The molecule has 0 atom stereocenters. The van der Waals surface area contributed by atoms with Crippen molar-refractivity contribution in [3.63, 3.8) is 0 Å². The van der Waals surface area contributed by atoms with Crippen LogP contribution in [0.2, 0.25) is 0 Å². The molecular formula is C10H16BNO. The van der Waals surface area contributed by atoms with Gasteiger partial charge in [0, 0.05) is 6.54 Å². The third-order valence-corrected chi connectivity index (χ3v) is 1.83. The summed E-state index contributed by atoms with van der Waals surface area (Å²) in [6, 6.07) is 8.13. The number of hydrogen-bond acceptors (Lipinski definition) is 2. The zero-order chi connectivity index (χ0) is 9.68. The van der Waals surface area contributed by atoms with E-state index >= 15 is 0 Å². The van der Waals surface area contributed by atoms with Crippen LogP contribution in [0.3, 0.4) is 0 Å². The molecule has 0 unspecified atom stereocenters. The molecule has 0 radical (unpaired) electrons. The average Bonchev–Trinajstić information content (AvgIpc) is 2.08. The van der Waals surface area contributed by atoms with Crippen LogP contribution in [-0.2, 0) is 0 Å². The fraction of sp³-hybridized carbons (Fsp3) is 0.400. The van der Waals surface area contributed by atoms with Gasteiger partial charge in [-0.3, -0.25) is 0 Å². The van der Waals surface area contributed by atoms with Crippen LogP contribution in [-0.4, -0.2) is 40.0 Å². The molecule has 13 heavy (non-hydrogen) atoms. The van der Waals surface area contributed by atoms with E-state index in [9.17, 15) is 0 Å². The summed E-state index contributed by atoms with van der Waals surface area (Å²) in [6.07, 6.45) is 0. The van der Waals surface area contributed by atoms with Crippen LogP contribution in [0.25, 0.3) is 0 Å². The average molecular weight is 177 g/mol. The Kier molecular flexibility index (Phi) is 3.84. The Balaban J connectivity index is 2.33. The predicted octanol–water partition coefficient (Wildman–Crippen LogP) is -0.115. The first-order valence-electron chi connectivity index (χ1n) is 4.52. The van der Waals surface area contributed by atoms with Gasteiger partial charge in [-0.05, 0) is 26.2 Å². The smallest absolute Gasteiger partial charge is 0.139 e. The summed E-state index contributed by atoms with van der Waals surface area (Å²) >= 11 is 0. The molecule has 0 saturated carbocycles. The van der Waals surface area contributed by atoms with Crippen molar-refractivity contribution in [2.75, 3.05) is 27.2 Å². The SMILES string of the molecule is Bc1ccc(OCCN(C)C)cc1. The van der Waals surface area contributed by atoms with Gasteiger partial charge in [-0.25, -0.2) is 0 Å². The third-order valence-electron chi connectivity index (χ3n) is 1.83. The Bertz CT molecular complexity index is 246. The van der Waals surface area contributed by atoms with Crippen LogP contribution in [0.1, 0.15) is 0 Å². The minimum absolute atomic E-state index is 0.746. The molecule has 0 fully saturated rings. The first-order valence-corrected chi connectivity index (χ1v) is 4.52. The maximum atomic E-state index is 5.53. The van der Waals surface area contributed by atoms with Gasteiger partial charge in [0.25, 0.3) is 0 Å². The zero-order valence-electron chi connectivity index (χ0n) is 8.58. The fourth-order valence-electron chi connectivity index (χ4n) is 0.981. The Morgan fingerprint density at radius 3 is 2.38 bits per heavy atom. The summed E-state index contributed by atoms with van der Waals surface area (Å²) in [4.78, 5) is 2.11. The maximum Gasteiger partial charge on any atom is 0.139 e. The standard InChI is InChI=1S/C10H16BNO/c1-12(2)7-8-13-10-5-3-9(11)4-6-10/h3-6H,7-8,11H2,1-2H3. The van der Waals surface area contributed by atoms with Gasteiger partial charge in [0.15, 0.2) is 0 Å². The molecule has 0 bridgehead atoms. The molecule has 1 rings (SSSR count). The molecule has 0 aliphatic heterocycles. The number of likely N-dealkylation sites (N-methyl/N-ethyl adjacent to an activating group) is 1. The van der Waals surface area contributed by atoms with E-state index in [1.807, 2.05) is 26.2 Å². The molecule has 0 spiro atoms. The molecule has 0 N–H and O–H groups in total. The van der Waals surface area contributed by atoms with Gasteiger partial charge in [-0.1, -0.05) is 17.6 Å². The molecule has 0 aliphatic carbocycles. The Hall–Kier alpha value is -0.955. The molecular weight excluding hydrogens is 161 g/mol. The van der Waals surface area contributed by atoms with E-state index in [1.54, 1.807) is 0 Å². The van der Waals surface area contributed by atoms with Crippen molar-refractivity contribution in [2.45, 2.75) is 0 Å². The van der Waals surface area contributed by atoms with E-state index in [0.29, 0.717) is 0 Å². The van der Waals surface area contributed by atoms with Crippen molar-refractivity contribution in [3.8, 4) is 5.75 Å². The van der Waals surface area contributed by atoms with Crippen molar-refractivity contribution in [2.24, 2.45) is 0 Å². The highest BCUT2D eigenvalue weighted by Gasteiger charge is 1.93. The van der Waals surface area contributed by atoms with Crippen LogP contribution in [0.4, 0.5) is 0 Å². The van der Waals surface area contributed by atoms with E-state index in [2.05, 4.69) is 24.9 Å². The number of nitrogens with zero attached hydrogens (tertiary/aromatic N) is 1. The second-order valence-electron chi connectivity index (χ2n) is 3.46. The summed E-state index contributed by atoms with van der Waals surface area (Å²) in [6.45, 7) is 1.70. The minimum atomic E-state index is 0.746. The van der Waals surface area contributed by atoms with Gasteiger partial charge in [-0.2, -0.15) is 0 Å². The van der Waals surface area contributed by atoms with Crippen LogP contribution in [0.5, 0.6) is 5.75 Å². The Morgan fingerprint density at radius 1 is 1.23 bits per heavy atom. The van der Waals surface area contributed by atoms with Crippen molar-refractivity contribution < 1.29 is 4.74 Å². The van der Waals surface area contributed by atoms with E-state index in [0.717, 1.165) is 18.9 Å². The number of hydrogen-bond donors (Lipinski definition) is 0. The molecule has 2 nitrogen and oxygen atoms in total. The molecule has 1 aromatic rings. The summed E-state index contributed by atoms with van der Waals surface area (Å²) in [7, 11) is 6.15. The predicted molar refractivity (Wildman–Crippen MR) is 58.7 cm³/mol. The topological polar surface area (TPSA) is 12.5 Å². The van der Waals surface area contributed by atoms with Crippen LogP contribution in [0.15, 0.2) is 24.3 Å². The lowest BCUT2D eigenvalue weighted by Crippen LogP contribution is -2.19.